The van der Waals surface area contributed by atoms with E-state index >= 15 is 0 Å². The smallest absolute Gasteiger partial charge is 0.230 e. The molecule has 5 nitrogen and oxygen atoms in total. The van der Waals surface area contributed by atoms with Crippen molar-refractivity contribution in [3.63, 3.8) is 0 Å². The number of hydrogen-bond donors (Lipinski definition) is 1. The zero-order valence-electron chi connectivity index (χ0n) is 15.1. The highest BCUT2D eigenvalue weighted by atomic mass is 16.2. The van der Waals surface area contributed by atoms with Crippen molar-refractivity contribution in [2.75, 3.05) is 5.32 Å². The minimum absolute atomic E-state index is 0.132. The average molecular weight is 348 g/mol. The Balaban J connectivity index is 1.48. The summed E-state index contributed by atoms with van der Waals surface area (Å²) in [5.74, 6) is 2.87. The molecule has 1 N–H and O–H groups in total. The van der Waals surface area contributed by atoms with Crippen molar-refractivity contribution in [2.24, 2.45) is 23.7 Å². The van der Waals surface area contributed by atoms with Crippen LogP contribution in [0.2, 0.25) is 0 Å². The number of carbonyl (C=O) groups is 1. The molecule has 1 amide bonds. The van der Waals surface area contributed by atoms with Crippen LogP contribution in [0.3, 0.4) is 0 Å². The lowest BCUT2D eigenvalue weighted by molar-refractivity contribution is -0.121. The fraction of sp³-hybridized carbons (Fsp3) is 0.571. The van der Waals surface area contributed by atoms with Gasteiger partial charge in [-0.1, -0.05) is 6.92 Å². The van der Waals surface area contributed by atoms with E-state index in [1.165, 1.54) is 19.3 Å². The Morgan fingerprint density at radius 2 is 2.15 bits per heavy atom. The molecule has 1 aromatic carbocycles. The minimum atomic E-state index is 0.132. The molecule has 134 valence electrons. The summed E-state index contributed by atoms with van der Waals surface area (Å²) in [6, 6.07) is 8.17. The monoisotopic (exact) mass is 348 g/mol. The van der Waals surface area contributed by atoms with E-state index in [1.54, 1.807) is 6.07 Å². The number of aromatic nitrogens is 2. The van der Waals surface area contributed by atoms with E-state index in [-0.39, 0.29) is 11.8 Å². The van der Waals surface area contributed by atoms with Crippen LogP contribution in [0.15, 0.2) is 18.2 Å². The predicted molar refractivity (Wildman–Crippen MR) is 99.5 cm³/mol. The van der Waals surface area contributed by atoms with Gasteiger partial charge in [-0.25, -0.2) is 4.98 Å². The molecule has 4 atom stereocenters. The van der Waals surface area contributed by atoms with Gasteiger partial charge in [-0.2, -0.15) is 5.26 Å². The zero-order chi connectivity index (χ0) is 17.8. The molecular weight excluding hydrogens is 324 g/mol. The van der Waals surface area contributed by atoms with E-state index in [1.807, 2.05) is 12.1 Å². The lowest BCUT2D eigenvalue weighted by atomic mass is 9.87. The molecule has 5 rings (SSSR count). The summed E-state index contributed by atoms with van der Waals surface area (Å²) >= 11 is 0. The van der Waals surface area contributed by atoms with Crippen molar-refractivity contribution >= 4 is 22.9 Å². The molecule has 3 saturated carbocycles. The molecule has 2 bridgehead atoms. The third-order valence-corrected chi connectivity index (χ3v) is 7.19. The summed E-state index contributed by atoms with van der Waals surface area (Å²) in [5.41, 5.74) is 2.45. The first-order valence-electron chi connectivity index (χ1n) is 9.88. The average Bonchev–Trinajstić information content (AvgIpc) is 3.24. The molecule has 0 aliphatic heterocycles. The van der Waals surface area contributed by atoms with E-state index in [9.17, 15) is 10.1 Å². The van der Waals surface area contributed by atoms with Gasteiger partial charge < -0.3 is 4.57 Å². The van der Waals surface area contributed by atoms with Crippen molar-refractivity contribution in [3.8, 4) is 6.07 Å². The molecule has 3 fully saturated rings. The topological polar surface area (TPSA) is 70.7 Å². The van der Waals surface area contributed by atoms with Crippen molar-refractivity contribution in [1.29, 1.82) is 5.26 Å². The Labute approximate surface area is 153 Å². The second-order valence-corrected chi connectivity index (χ2v) is 8.40. The van der Waals surface area contributed by atoms with Crippen molar-refractivity contribution < 1.29 is 4.79 Å². The summed E-state index contributed by atoms with van der Waals surface area (Å²) in [7, 11) is 0. The molecule has 0 saturated heterocycles. The molecule has 3 aliphatic rings. The zero-order valence-corrected chi connectivity index (χ0v) is 15.1. The van der Waals surface area contributed by atoms with Gasteiger partial charge in [0.25, 0.3) is 0 Å². The van der Waals surface area contributed by atoms with Gasteiger partial charge in [-0.05, 0) is 74.5 Å². The van der Waals surface area contributed by atoms with E-state index in [0.29, 0.717) is 29.4 Å². The van der Waals surface area contributed by atoms with Crippen LogP contribution in [0, 0.1) is 35.0 Å². The van der Waals surface area contributed by atoms with Gasteiger partial charge in [0.1, 0.15) is 0 Å². The van der Waals surface area contributed by atoms with E-state index < -0.39 is 0 Å². The summed E-state index contributed by atoms with van der Waals surface area (Å²) in [6.45, 7) is 2.31. The van der Waals surface area contributed by atoms with Gasteiger partial charge in [-0.3, -0.25) is 10.1 Å². The number of imidazole rings is 1. The highest BCUT2D eigenvalue weighted by Gasteiger charge is 2.48. The largest absolute Gasteiger partial charge is 0.307 e. The molecule has 3 unspecified atom stereocenters. The highest BCUT2D eigenvalue weighted by Crippen LogP contribution is 2.52. The number of fused-ring (bicyclic) bond motifs is 3. The number of rotatable bonds is 3. The summed E-state index contributed by atoms with van der Waals surface area (Å²) in [5, 5.41) is 12.4. The van der Waals surface area contributed by atoms with Gasteiger partial charge in [0.05, 0.1) is 22.7 Å². The van der Waals surface area contributed by atoms with Crippen LogP contribution in [0.25, 0.3) is 11.0 Å². The molecule has 1 heterocycles. The van der Waals surface area contributed by atoms with Gasteiger partial charge in [0.15, 0.2) is 0 Å². The van der Waals surface area contributed by atoms with Gasteiger partial charge in [-0.15, -0.1) is 0 Å². The number of nitrogens with zero attached hydrogens (tertiary/aromatic N) is 3. The number of carbonyl (C=O) groups excluding carboxylic acids is 1. The third-order valence-electron chi connectivity index (χ3n) is 7.19. The highest BCUT2D eigenvalue weighted by molar-refractivity contribution is 5.94. The van der Waals surface area contributed by atoms with Gasteiger partial charge >= 0.3 is 0 Å². The number of nitriles is 1. The lowest BCUT2D eigenvalue weighted by Gasteiger charge is -2.29. The first-order chi connectivity index (χ1) is 12.7. The van der Waals surface area contributed by atoms with Gasteiger partial charge in [0, 0.05) is 12.0 Å². The number of hydrogen-bond acceptors (Lipinski definition) is 3. The number of amides is 1. The molecule has 1 aromatic heterocycles. The van der Waals surface area contributed by atoms with Crippen molar-refractivity contribution in [1.82, 2.24) is 9.55 Å². The maximum Gasteiger partial charge on any atom is 0.230 e. The molecule has 5 heteroatoms. The fourth-order valence-corrected chi connectivity index (χ4v) is 5.45. The fourth-order valence-electron chi connectivity index (χ4n) is 5.45. The minimum Gasteiger partial charge on any atom is -0.307 e. The van der Waals surface area contributed by atoms with Crippen LogP contribution in [0.4, 0.5) is 5.95 Å². The predicted octanol–water partition coefficient (Wildman–Crippen LogP) is 4.25. The van der Waals surface area contributed by atoms with Crippen molar-refractivity contribution in [2.45, 2.75) is 51.5 Å². The van der Waals surface area contributed by atoms with Gasteiger partial charge in [0.2, 0.25) is 11.9 Å². The first kappa shape index (κ1) is 15.9. The molecular formula is C21H24N4O. The Hall–Kier alpha value is -2.35. The van der Waals surface area contributed by atoms with Crippen LogP contribution < -0.4 is 5.32 Å². The summed E-state index contributed by atoms with van der Waals surface area (Å²) in [4.78, 5) is 17.7. The third kappa shape index (κ3) is 2.28. The molecule has 2 aromatic rings. The van der Waals surface area contributed by atoms with Crippen LogP contribution in [-0.2, 0) is 4.79 Å². The summed E-state index contributed by atoms with van der Waals surface area (Å²) < 4.78 is 2.16. The number of nitrogens with one attached hydrogen (secondary N) is 1. The quantitative estimate of drug-likeness (QED) is 0.901. The van der Waals surface area contributed by atoms with E-state index in [4.69, 9.17) is 4.98 Å². The van der Waals surface area contributed by atoms with Crippen LogP contribution in [0.1, 0.15) is 57.1 Å². The van der Waals surface area contributed by atoms with Crippen molar-refractivity contribution in [3.05, 3.63) is 23.8 Å². The van der Waals surface area contributed by atoms with E-state index in [2.05, 4.69) is 22.9 Å². The Bertz CT molecular complexity index is 920. The Kier molecular flexibility index (Phi) is 3.56. The molecule has 26 heavy (non-hydrogen) atoms. The Morgan fingerprint density at radius 1 is 1.31 bits per heavy atom. The lowest BCUT2D eigenvalue weighted by Crippen LogP contribution is -2.30. The molecule has 3 aliphatic carbocycles. The standard InChI is InChI=1S/C21H24N4O/c1-12-14-6-7-16(12)17(10-14)20(26)24-21-23-18-8-5-13(11-22)9-19(18)25(21)15-3-2-4-15/h5,8-9,12,14-17H,2-4,6-7,10H2,1H3,(H,23,24,26)/t12-,14?,16?,17?/m0/s1. The number of anilines is 1. The van der Waals surface area contributed by atoms with Crippen LogP contribution in [0.5, 0.6) is 0 Å². The second-order valence-electron chi connectivity index (χ2n) is 8.40. The molecule has 0 radical (unpaired) electrons. The number of benzene rings is 1. The van der Waals surface area contributed by atoms with Crippen LogP contribution in [-0.4, -0.2) is 15.5 Å². The normalized spacial score (nSPS) is 30.3. The SMILES string of the molecule is C[C@H]1C2CCC1C(C(=O)Nc1nc3ccc(C#N)cc3n1C1CCC1)C2. The maximum absolute atomic E-state index is 13.0. The Morgan fingerprint density at radius 3 is 2.77 bits per heavy atom. The summed E-state index contributed by atoms with van der Waals surface area (Å²) in [6.07, 6.45) is 6.92. The molecule has 0 spiro atoms. The first-order valence-corrected chi connectivity index (χ1v) is 9.88. The maximum atomic E-state index is 13.0. The second kappa shape index (κ2) is 5.84. The van der Waals surface area contributed by atoms with E-state index in [0.717, 1.165) is 36.2 Å². The van der Waals surface area contributed by atoms with Crippen LogP contribution >= 0.6 is 0 Å².